The summed E-state index contributed by atoms with van der Waals surface area (Å²) in [5, 5.41) is 7.38. The third-order valence-corrected chi connectivity index (χ3v) is 6.36. The van der Waals surface area contributed by atoms with Gasteiger partial charge < -0.3 is 20.3 Å². The lowest BCUT2D eigenvalue weighted by Gasteiger charge is -2.24. The normalized spacial score (nSPS) is 25.3. The molecule has 0 aromatic heterocycles. The van der Waals surface area contributed by atoms with Crippen LogP contribution in [0.1, 0.15) is 25.7 Å². The van der Waals surface area contributed by atoms with E-state index in [1.54, 1.807) is 7.11 Å². The molecule has 2 heterocycles. The Morgan fingerprint density at radius 2 is 2.07 bits per heavy atom. The van der Waals surface area contributed by atoms with Crippen molar-refractivity contribution in [3.63, 3.8) is 0 Å². The largest absolute Gasteiger partial charge is 0.495 e. The van der Waals surface area contributed by atoms with Gasteiger partial charge in [-0.1, -0.05) is 11.6 Å². The fourth-order valence-corrected chi connectivity index (χ4v) is 4.67. The molecule has 0 bridgehead atoms. The summed E-state index contributed by atoms with van der Waals surface area (Å²) in [6.45, 7) is 3.82. The topological polar surface area (TPSA) is 53.6 Å². The first-order valence-electron chi connectivity index (χ1n) is 9.21. The molecule has 8 heteroatoms. The van der Waals surface area contributed by atoms with Gasteiger partial charge in [-0.25, -0.2) is 0 Å². The Morgan fingerprint density at radius 3 is 2.78 bits per heavy atom. The molecule has 2 aliphatic heterocycles. The number of carbonyl (C=O) groups excluding carboxylic acids is 1. The Hall–Kier alpha value is -0.880. The first-order chi connectivity index (χ1) is 12.1. The highest BCUT2D eigenvalue weighted by Gasteiger charge is 2.57. The van der Waals surface area contributed by atoms with Crippen LogP contribution in [0.25, 0.3) is 0 Å². The van der Waals surface area contributed by atoms with Crippen molar-refractivity contribution in [2.75, 3.05) is 38.2 Å². The SMILES string of the molecule is COc1ccc(Cl)cc1N1CCC(NC(=O)C2CC23CCNCC3)C1.Cl.Cl. The fourth-order valence-electron chi connectivity index (χ4n) is 4.50. The van der Waals surface area contributed by atoms with E-state index in [1.807, 2.05) is 18.2 Å². The zero-order valence-electron chi connectivity index (χ0n) is 15.5. The highest BCUT2D eigenvalue weighted by atomic mass is 35.5. The first kappa shape index (κ1) is 22.4. The zero-order chi connectivity index (χ0) is 17.4. The van der Waals surface area contributed by atoms with Gasteiger partial charge in [0.2, 0.25) is 5.91 Å². The Balaban J connectivity index is 0.00000131. The summed E-state index contributed by atoms with van der Waals surface area (Å²) in [4.78, 5) is 14.9. The monoisotopic (exact) mass is 435 g/mol. The second kappa shape index (κ2) is 9.08. The lowest BCUT2D eigenvalue weighted by Crippen LogP contribution is -2.40. The van der Waals surface area contributed by atoms with Crippen LogP contribution in [0.5, 0.6) is 5.75 Å². The number of halogens is 3. The van der Waals surface area contributed by atoms with E-state index in [1.165, 1.54) is 0 Å². The minimum atomic E-state index is 0. The predicted octanol–water partition coefficient (Wildman–Crippen LogP) is 3.28. The lowest BCUT2D eigenvalue weighted by molar-refractivity contribution is -0.123. The van der Waals surface area contributed by atoms with Crippen molar-refractivity contribution in [2.45, 2.75) is 31.7 Å². The quantitative estimate of drug-likeness (QED) is 0.760. The number of rotatable bonds is 4. The van der Waals surface area contributed by atoms with Crippen LogP contribution < -0.4 is 20.3 Å². The van der Waals surface area contributed by atoms with Crippen LogP contribution in [0.4, 0.5) is 5.69 Å². The predicted molar refractivity (Wildman–Crippen MR) is 114 cm³/mol. The number of carbonyl (C=O) groups is 1. The second-order valence-electron chi connectivity index (χ2n) is 7.63. The van der Waals surface area contributed by atoms with Gasteiger partial charge in [0.1, 0.15) is 5.75 Å². The molecule has 2 atom stereocenters. The van der Waals surface area contributed by atoms with Gasteiger partial charge >= 0.3 is 0 Å². The lowest BCUT2D eigenvalue weighted by atomic mass is 9.91. The summed E-state index contributed by atoms with van der Waals surface area (Å²) >= 11 is 6.15. The number of piperidine rings is 1. The molecule has 27 heavy (non-hydrogen) atoms. The van der Waals surface area contributed by atoms with Crippen molar-refractivity contribution >= 4 is 48.0 Å². The fraction of sp³-hybridized carbons (Fsp3) is 0.632. The van der Waals surface area contributed by atoms with Gasteiger partial charge in [0, 0.05) is 30.1 Å². The molecule has 1 aliphatic carbocycles. The van der Waals surface area contributed by atoms with Crippen LogP contribution in [-0.2, 0) is 4.79 Å². The van der Waals surface area contributed by atoms with E-state index < -0.39 is 0 Å². The number of anilines is 1. The van der Waals surface area contributed by atoms with Gasteiger partial charge in [-0.3, -0.25) is 4.79 Å². The molecule has 1 amide bonds. The van der Waals surface area contributed by atoms with Crippen molar-refractivity contribution in [2.24, 2.45) is 11.3 Å². The molecule has 0 radical (unpaired) electrons. The van der Waals surface area contributed by atoms with Gasteiger partial charge in [0.25, 0.3) is 0 Å². The van der Waals surface area contributed by atoms with E-state index in [4.69, 9.17) is 16.3 Å². The smallest absolute Gasteiger partial charge is 0.223 e. The molecular weight excluding hydrogens is 409 g/mol. The first-order valence-corrected chi connectivity index (χ1v) is 9.59. The van der Waals surface area contributed by atoms with E-state index in [9.17, 15) is 4.79 Å². The van der Waals surface area contributed by atoms with E-state index in [2.05, 4.69) is 15.5 Å². The number of nitrogens with one attached hydrogen (secondary N) is 2. The van der Waals surface area contributed by atoms with Crippen LogP contribution >= 0.6 is 36.4 Å². The van der Waals surface area contributed by atoms with Crippen molar-refractivity contribution in [1.82, 2.24) is 10.6 Å². The van der Waals surface area contributed by atoms with Crippen LogP contribution in [0.3, 0.4) is 0 Å². The van der Waals surface area contributed by atoms with E-state index in [0.29, 0.717) is 10.4 Å². The van der Waals surface area contributed by atoms with Gasteiger partial charge in [-0.15, -0.1) is 24.8 Å². The number of hydrogen-bond donors (Lipinski definition) is 2. The summed E-state index contributed by atoms with van der Waals surface area (Å²) in [5.74, 6) is 1.31. The number of hydrogen-bond acceptors (Lipinski definition) is 4. The zero-order valence-corrected chi connectivity index (χ0v) is 17.9. The minimum absolute atomic E-state index is 0. The van der Waals surface area contributed by atoms with E-state index >= 15 is 0 Å². The Kier molecular flexibility index (Phi) is 7.54. The van der Waals surface area contributed by atoms with Crippen LogP contribution in [-0.4, -0.2) is 45.2 Å². The summed E-state index contributed by atoms with van der Waals surface area (Å²) < 4.78 is 5.46. The molecule has 5 nitrogen and oxygen atoms in total. The maximum Gasteiger partial charge on any atom is 0.223 e. The molecule has 1 aromatic carbocycles. The average molecular weight is 437 g/mol. The summed E-state index contributed by atoms with van der Waals surface area (Å²) in [7, 11) is 1.67. The standard InChI is InChI=1S/C19H26ClN3O2.2ClH/c1-25-17-3-2-13(20)10-16(17)23-9-4-14(12-23)22-18(24)15-11-19(15)5-7-21-8-6-19;;/h2-3,10,14-15,21H,4-9,11-12H2,1H3,(H,22,24);2*1H. The molecule has 1 spiro atoms. The molecule has 2 N–H and O–H groups in total. The molecule has 1 saturated carbocycles. The molecule has 152 valence electrons. The van der Waals surface area contributed by atoms with Gasteiger partial charge in [-0.2, -0.15) is 0 Å². The number of ether oxygens (including phenoxy) is 1. The molecule has 2 unspecified atom stereocenters. The third-order valence-electron chi connectivity index (χ3n) is 6.12. The van der Waals surface area contributed by atoms with Crippen molar-refractivity contribution < 1.29 is 9.53 Å². The second-order valence-corrected chi connectivity index (χ2v) is 8.06. The number of amides is 1. The van der Waals surface area contributed by atoms with E-state index in [-0.39, 0.29) is 42.7 Å². The molecule has 2 saturated heterocycles. The molecule has 3 aliphatic rings. The summed E-state index contributed by atoms with van der Waals surface area (Å²) in [6, 6.07) is 5.88. The highest BCUT2D eigenvalue weighted by Crippen LogP contribution is 2.58. The van der Waals surface area contributed by atoms with Gasteiger partial charge in [0.15, 0.2) is 0 Å². The van der Waals surface area contributed by atoms with Gasteiger partial charge in [0.05, 0.1) is 12.8 Å². The van der Waals surface area contributed by atoms with Crippen LogP contribution in [0, 0.1) is 11.3 Å². The number of benzene rings is 1. The molecule has 3 fully saturated rings. The average Bonchev–Trinajstić information content (AvgIpc) is 3.11. The van der Waals surface area contributed by atoms with E-state index in [0.717, 1.165) is 63.3 Å². The molecule has 4 rings (SSSR count). The van der Waals surface area contributed by atoms with Crippen molar-refractivity contribution in [1.29, 1.82) is 0 Å². The highest BCUT2D eigenvalue weighted by molar-refractivity contribution is 6.30. The maximum absolute atomic E-state index is 12.7. The third kappa shape index (κ3) is 4.58. The Morgan fingerprint density at radius 1 is 1.33 bits per heavy atom. The Labute approximate surface area is 178 Å². The minimum Gasteiger partial charge on any atom is -0.495 e. The maximum atomic E-state index is 12.7. The molecular formula is C19H28Cl3N3O2. The van der Waals surface area contributed by atoms with Crippen molar-refractivity contribution in [3.8, 4) is 5.75 Å². The summed E-state index contributed by atoms with van der Waals surface area (Å²) in [6.07, 6.45) is 4.31. The molecule has 1 aromatic rings. The number of nitrogens with zero attached hydrogens (tertiary/aromatic N) is 1. The van der Waals surface area contributed by atoms with Crippen LogP contribution in [0.15, 0.2) is 18.2 Å². The summed E-state index contributed by atoms with van der Waals surface area (Å²) in [5.41, 5.74) is 1.30. The number of methoxy groups -OCH3 is 1. The van der Waals surface area contributed by atoms with Crippen LogP contribution in [0.2, 0.25) is 5.02 Å². The van der Waals surface area contributed by atoms with Gasteiger partial charge in [-0.05, 0) is 62.4 Å². The van der Waals surface area contributed by atoms with Crippen molar-refractivity contribution in [3.05, 3.63) is 23.2 Å². The Bertz CT molecular complexity index is 668.